The summed E-state index contributed by atoms with van der Waals surface area (Å²) >= 11 is 0. The predicted molar refractivity (Wildman–Crippen MR) is 310 cm³/mol. The van der Waals surface area contributed by atoms with Gasteiger partial charge < -0.3 is 24.0 Å². The molecule has 0 aliphatic carbocycles. The largest absolute Gasteiger partial charge is 0.456 e. The fraction of sp³-hybridized carbons (Fsp3) is 0.104. The third-order valence-electron chi connectivity index (χ3n) is 15.2. The normalized spacial score (nSPS) is 12.5. The van der Waals surface area contributed by atoms with Crippen molar-refractivity contribution in [3.05, 3.63) is 245 Å². The van der Waals surface area contributed by atoms with Crippen molar-refractivity contribution in [2.75, 3.05) is 19.6 Å². The van der Waals surface area contributed by atoms with Crippen molar-refractivity contribution in [2.45, 2.75) is 48.5 Å². The van der Waals surface area contributed by atoms with E-state index in [0.717, 1.165) is 95.6 Å². The molecule has 0 atom stereocenters. The van der Waals surface area contributed by atoms with Gasteiger partial charge >= 0.3 is 0 Å². The van der Waals surface area contributed by atoms with Crippen molar-refractivity contribution in [1.82, 2.24) is 0 Å². The molecule has 2 aliphatic rings. The van der Waals surface area contributed by atoms with E-state index in [1.54, 1.807) is 0 Å². The lowest BCUT2D eigenvalue weighted by Crippen LogP contribution is -2.61. The Balaban J connectivity index is 1.17. The van der Waals surface area contributed by atoms with E-state index >= 15 is 0 Å². The number of benzene rings is 10. The first kappa shape index (κ1) is 44.2. The summed E-state index contributed by atoms with van der Waals surface area (Å²) in [5.41, 5.74) is 27.1. The molecule has 2 aliphatic heterocycles. The van der Waals surface area contributed by atoms with Gasteiger partial charge in [0.25, 0.3) is 6.71 Å². The lowest BCUT2D eigenvalue weighted by molar-refractivity contribution is 0.671. The maximum atomic E-state index is 7.46. The van der Waals surface area contributed by atoms with Gasteiger partial charge in [-0.05, 0) is 179 Å². The minimum absolute atomic E-state index is 0.206. The van der Waals surface area contributed by atoms with Crippen molar-refractivity contribution in [3.8, 4) is 0 Å². The summed E-state index contributed by atoms with van der Waals surface area (Å²) in [7, 11) is 0. The SMILES string of the molecule is Cc1ccc(N2c3cc(N(c4ccccc4C)c4ccccc4C)ccc3B3c4c2cc(C)cc4N(c2ccc(C)cc2)c2cc(N(c4ccc(C)cc4)c4ccc(C)cc4)c4c(oc5ccccc54)c23)cc1. The van der Waals surface area contributed by atoms with Gasteiger partial charge in [0.2, 0.25) is 0 Å². The average molecular weight is 943 g/mol. The van der Waals surface area contributed by atoms with Crippen molar-refractivity contribution < 1.29 is 4.42 Å². The molecule has 13 rings (SSSR count). The second kappa shape index (κ2) is 17.2. The van der Waals surface area contributed by atoms with Gasteiger partial charge in [-0.3, -0.25) is 0 Å². The summed E-state index contributed by atoms with van der Waals surface area (Å²) in [4.78, 5) is 9.91. The molecule has 10 aromatic carbocycles. The lowest BCUT2D eigenvalue weighted by atomic mass is 9.33. The minimum atomic E-state index is -0.206. The van der Waals surface area contributed by atoms with Crippen LogP contribution in [-0.2, 0) is 0 Å². The molecule has 73 heavy (non-hydrogen) atoms. The van der Waals surface area contributed by atoms with E-state index < -0.39 is 0 Å². The number of para-hydroxylation sites is 3. The highest BCUT2D eigenvalue weighted by Gasteiger charge is 2.46. The zero-order chi connectivity index (χ0) is 49.6. The third kappa shape index (κ3) is 7.23. The molecule has 3 heterocycles. The molecule has 0 spiro atoms. The number of furan rings is 1. The van der Waals surface area contributed by atoms with Crippen molar-refractivity contribution in [2.24, 2.45) is 0 Å². The average Bonchev–Trinajstić information content (AvgIpc) is 3.79. The van der Waals surface area contributed by atoms with Crippen molar-refractivity contribution >= 4 is 113 Å². The second-order valence-corrected chi connectivity index (χ2v) is 20.3. The topological polar surface area (TPSA) is 26.1 Å². The quantitative estimate of drug-likeness (QED) is 0.141. The Morgan fingerprint density at radius 2 is 0.836 bits per heavy atom. The van der Waals surface area contributed by atoms with Gasteiger partial charge in [-0.15, -0.1) is 0 Å². The van der Waals surface area contributed by atoms with E-state index in [2.05, 4.69) is 274 Å². The molecule has 0 fully saturated rings. The smallest absolute Gasteiger partial charge is 0.257 e. The van der Waals surface area contributed by atoms with E-state index in [0.29, 0.717) is 0 Å². The molecular formula is C67H55BN4O. The Labute approximate surface area is 428 Å². The molecule has 1 aromatic heterocycles. The monoisotopic (exact) mass is 942 g/mol. The maximum absolute atomic E-state index is 7.46. The fourth-order valence-electron chi connectivity index (χ4n) is 11.6. The highest BCUT2D eigenvalue weighted by atomic mass is 16.3. The van der Waals surface area contributed by atoms with Crippen LogP contribution in [0.2, 0.25) is 0 Å². The van der Waals surface area contributed by atoms with Gasteiger partial charge in [-0.2, -0.15) is 0 Å². The van der Waals surface area contributed by atoms with Crippen LogP contribution in [0.25, 0.3) is 21.9 Å². The van der Waals surface area contributed by atoms with Crippen LogP contribution >= 0.6 is 0 Å². The molecule has 0 N–H and O–H groups in total. The Kier molecular flexibility index (Phi) is 10.4. The highest BCUT2D eigenvalue weighted by molar-refractivity contribution is 7.01. The molecule has 0 saturated carbocycles. The van der Waals surface area contributed by atoms with Crippen molar-refractivity contribution in [1.29, 1.82) is 0 Å². The molecule has 11 aromatic rings. The van der Waals surface area contributed by atoms with Gasteiger partial charge in [0.05, 0.1) is 11.1 Å². The maximum Gasteiger partial charge on any atom is 0.257 e. The van der Waals surface area contributed by atoms with E-state index in [1.165, 1.54) is 49.9 Å². The Bertz CT molecular complexity index is 3860. The summed E-state index contributed by atoms with van der Waals surface area (Å²) in [6, 6.07) is 76.4. The van der Waals surface area contributed by atoms with E-state index in [4.69, 9.17) is 4.42 Å². The summed E-state index contributed by atoms with van der Waals surface area (Å²) in [6.45, 7) is 15.1. The Morgan fingerprint density at radius 1 is 0.370 bits per heavy atom. The van der Waals surface area contributed by atoms with Gasteiger partial charge in [0.15, 0.2) is 0 Å². The molecule has 0 radical (unpaired) electrons. The van der Waals surface area contributed by atoms with Crippen LogP contribution in [0.3, 0.4) is 0 Å². The van der Waals surface area contributed by atoms with E-state index in [1.807, 2.05) is 0 Å². The Hall–Kier alpha value is -8.74. The van der Waals surface area contributed by atoms with Crippen LogP contribution in [0.5, 0.6) is 0 Å². The zero-order valence-electron chi connectivity index (χ0n) is 42.4. The Morgan fingerprint density at radius 3 is 1.38 bits per heavy atom. The van der Waals surface area contributed by atoms with Crippen LogP contribution in [-0.4, -0.2) is 6.71 Å². The van der Waals surface area contributed by atoms with Crippen LogP contribution < -0.4 is 36.0 Å². The van der Waals surface area contributed by atoms with Crippen LogP contribution in [0.4, 0.5) is 68.2 Å². The van der Waals surface area contributed by atoms with Gasteiger partial charge in [0.1, 0.15) is 11.2 Å². The molecule has 352 valence electrons. The molecule has 0 amide bonds. The molecule has 0 bridgehead atoms. The van der Waals surface area contributed by atoms with Crippen molar-refractivity contribution in [3.63, 3.8) is 0 Å². The first-order valence-corrected chi connectivity index (χ1v) is 25.4. The molecule has 6 heteroatoms. The highest BCUT2D eigenvalue weighted by Crippen LogP contribution is 2.51. The first-order chi connectivity index (χ1) is 35.6. The van der Waals surface area contributed by atoms with Gasteiger partial charge in [0, 0.05) is 67.9 Å². The standard InChI is InChI=1S/C67H55BN4O/c1-42-20-28-49(29-21-42)69(50-30-22-43(2)23-31-50)59-41-62-66(67-64(59)54-16-10-13-19-63(54)73-67)68-55-37-36-53(72(56-17-11-8-14-47(56)6)57-18-12-9-15-48(57)7)40-58(55)70(51-32-24-44(3)25-33-51)60-38-46(5)39-61(65(60)68)71(62)52-34-26-45(4)27-35-52/h8-41H,1-7H3. The number of anilines is 12. The van der Waals surface area contributed by atoms with Crippen LogP contribution in [0, 0.1) is 48.5 Å². The molecule has 5 nitrogen and oxygen atoms in total. The number of nitrogens with zero attached hydrogens (tertiary/aromatic N) is 4. The number of hydrogen-bond donors (Lipinski definition) is 0. The number of rotatable bonds is 8. The predicted octanol–water partition coefficient (Wildman–Crippen LogP) is 16.8. The molecule has 0 unspecified atom stereocenters. The number of aryl methyl sites for hydroxylation is 7. The summed E-state index contributed by atoms with van der Waals surface area (Å²) in [5, 5.41) is 2.16. The van der Waals surface area contributed by atoms with Gasteiger partial charge in [-0.25, -0.2) is 0 Å². The van der Waals surface area contributed by atoms with Gasteiger partial charge in [-0.1, -0.05) is 131 Å². The number of hydrogen-bond acceptors (Lipinski definition) is 5. The number of fused-ring (bicyclic) bond motifs is 8. The first-order valence-electron chi connectivity index (χ1n) is 25.4. The zero-order valence-corrected chi connectivity index (χ0v) is 42.4. The summed E-state index contributed by atoms with van der Waals surface area (Å²) < 4.78 is 7.46. The van der Waals surface area contributed by atoms with Crippen LogP contribution in [0.15, 0.2) is 211 Å². The second-order valence-electron chi connectivity index (χ2n) is 20.3. The minimum Gasteiger partial charge on any atom is -0.456 e. The lowest BCUT2D eigenvalue weighted by Gasteiger charge is -2.45. The van der Waals surface area contributed by atoms with Crippen LogP contribution in [0.1, 0.15) is 38.9 Å². The third-order valence-corrected chi connectivity index (χ3v) is 15.2. The molecular weight excluding hydrogens is 888 g/mol. The fourth-order valence-corrected chi connectivity index (χ4v) is 11.6. The summed E-state index contributed by atoms with van der Waals surface area (Å²) in [6.07, 6.45) is 0. The van der Waals surface area contributed by atoms with E-state index in [9.17, 15) is 0 Å². The molecule has 0 saturated heterocycles. The summed E-state index contributed by atoms with van der Waals surface area (Å²) in [5.74, 6) is 0. The van der Waals surface area contributed by atoms with E-state index in [-0.39, 0.29) is 6.71 Å².